The first-order valence-corrected chi connectivity index (χ1v) is 7.69. The van der Waals surface area contributed by atoms with E-state index in [4.69, 9.17) is 9.15 Å². The van der Waals surface area contributed by atoms with E-state index in [2.05, 4.69) is 5.32 Å². The quantitative estimate of drug-likeness (QED) is 0.942. The first kappa shape index (κ1) is 13.9. The Balaban J connectivity index is 1.69. The molecule has 2 amide bonds. The minimum absolute atomic E-state index is 0.0572. The SMILES string of the molecule is COc1ccc(NC(=O)N2CCS[C@H]2c2ccco2)cc1. The van der Waals surface area contributed by atoms with Gasteiger partial charge in [-0.1, -0.05) is 0 Å². The molecule has 3 rings (SSSR count). The monoisotopic (exact) mass is 304 g/mol. The van der Waals surface area contributed by atoms with Gasteiger partial charge in [-0.2, -0.15) is 0 Å². The van der Waals surface area contributed by atoms with Gasteiger partial charge in [-0.05, 0) is 36.4 Å². The van der Waals surface area contributed by atoms with Gasteiger partial charge in [0.05, 0.1) is 13.4 Å². The molecule has 1 atom stereocenters. The van der Waals surface area contributed by atoms with Gasteiger partial charge in [-0.3, -0.25) is 0 Å². The molecule has 0 aliphatic carbocycles. The van der Waals surface area contributed by atoms with Crippen molar-refractivity contribution >= 4 is 23.5 Å². The van der Waals surface area contributed by atoms with E-state index in [0.717, 1.165) is 22.9 Å². The van der Waals surface area contributed by atoms with Gasteiger partial charge in [0.2, 0.25) is 0 Å². The fraction of sp³-hybridized carbons (Fsp3) is 0.267. The molecule has 1 aromatic heterocycles. The number of carbonyl (C=O) groups is 1. The predicted octanol–water partition coefficient (Wildman–Crippen LogP) is 3.57. The van der Waals surface area contributed by atoms with Gasteiger partial charge >= 0.3 is 6.03 Å². The summed E-state index contributed by atoms with van der Waals surface area (Å²) in [6, 6.07) is 10.9. The van der Waals surface area contributed by atoms with Gasteiger partial charge in [0.25, 0.3) is 0 Å². The predicted molar refractivity (Wildman–Crippen MR) is 82.6 cm³/mol. The minimum atomic E-state index is -0.119. The number of methoxy groups -OCH3 is 1. The molecule has 1 aliphatic heterocycles. The standard InChI is InChI=1S/C15H16N2O3S/c1-19-12-6-4-11(5-7-12)16-15(18)17-8-10-21-14(17)13-3-2-9-20-13/h2-7,9,14H,8,10H2,1H3,(H,16,18)/t14-/m0/s1. The molecule has 0 bridgehead atoms. The lowest BCUT2D eigenvalue weighted by Gasteiger charge is -2.22. The molecule has 6 heteroatoms. The zero-order chi connectivity index (χ0) is 14.7. The molecular formula is C15H16N2O3S. The highest BCUT2D eigenvalue weighted by Gasteiger charge is 2.32. The number of ether oxygens (including phenoxy) is 1. The Hall–Kier alpha value is -2.08. The third-order valence-electron chi connectivity index (χ3n) is 3.28. The lowest BCUT2D eigenvalue weighted by atomic mass is 10.3. The fourth-order valence-electron chi connectivity index (χ4n) is 2.22. The summed E-state index contributed by atoms with van der Waals surface area (Å²) in [6.07, 6.45) is 1.63. The summed E-state index contributed by atoms with van der Waals surface area (Å²) in [7, 11) is 1.61. The molecule has 2 heterocycles. The summed E-state index contributed by atoms with van der Waals surface area (Å²) in [6.45, 7) is 0.706. The fourth-order valence-corrected chi connectivity index (χ4v) is 3.42. The maximum atomic E-state index is 12.4. The summed E-state index contributed by atoms with van der Waals surface area (Å²) in [5.41, 5.74) is 0.746. The van der Waals surface area contributed by atoms with E-state index in [1.165, 1.54) is 0 Å². The van der Waals surface area contributed by atoms with Crippen LogP contribution in [0.5, 0.6) is 5.75 Å². The lowest BCUT2D eigenvalue weighted by molar-refractivity contribution is 0.209. The normalized spacial score (nSPS) is 17.8. The summed E-state index contributed by atoms with van der Waals surface area (Å²) in [5.74, 6) is 2.47. The number of hydrogen-bond acceptors (Lipinski definition) is 4. The number of urea groups is 1. The zero-order valence-electron chi connectivity index (χ0n) is 11.6. The van der Waals surface area contributed by atoms with Crippen LogP contribution in [0.15, 0.2) is 47.1 Å². The van der Waals surface area contributed by atoms with Gasteiger partial charge in [0.15, 0.2) is 0 Å². The van der Waals surface area contributed by atoms with Crippen LogP contribution >= 0.6 is 11.8 Å². The number of carbonyl (C=O) groups excluding carboxylic acids is 1. The van der Waals surface area contributed by atoms with Crippen LogP contribution in [0.3, 0.4) is 0 Å². The lowest BCUT2D eigenvalue weighted by Crippen LogP contribution is -2.34. The average Bonchev–Trinajstić information content (AvgIpc) is 3.18. The molecule has 0 unspecified atom stereocenters. The van der Waals surface area contributed by atoms with Crippen LogP contribution in [-0.4, -0.2) is 30.3 Å². The van der Waals surface area contributed by atoms with Crippen LogP contribution in [0, 0.1) is 0 Å². The third kappa shape index (κ3) is 3.00. The van der Waals surface area contributed by atoms with Crippen molar-refractivity contribution in [2.45, 2.75) is 5.37 Å². The highest BCUT2D eigenvalue weighted by Crippen LogP contribution is 2.38. The average molecular weight is 304 g/mol. The van der Waals surface area contributed by atoms with Gasteiger partial charge in [0.1, 0.15) is 16.9 Å². The Bertz CT molecular complexity index is 598. The molecule has 5 nitrogen and oxygen atoms in total. The summed E-state index contributed by atoms with van der Waals surface area (Å²) in [4.78, 5) is 14.2. The molecule has 2 aromatic rings. The number of thioether (sulfide) groups is 1. The molecule has 0 radical (unpaired) electrons. The number of nitrogens with one attached hydrogen (secondary N) is 1. The van der Waals surface area contributed by atoms with Gasteiger partial charge in [-0.15, -0.1) is 11.8 Å². The van der Waals surface area contributed by atoms with Crippen LogP contribution in [0.1, 0.15) is 11.1 Å². The van der Waals surface area contributed by atoms with Crippen molar-refractivity contribution in [3.8, 4) is 5.75 Å². The largest absolute Gasteiger partial charge is 0.497 e. The maximum absolute atomic E-state index is 12.4. The van der Waals surface area contributed by atoms with E-state index in [1.54, 1.807) is 30.0 Å². The second-order valence-corrected chi connectivity index (χ2v) is 5.78. The Morgan fingerprint density at radius 1 is 1.38 bits per heavy atom. The number of amides is 2. The minimum Gasteiger partial charge on any atom is -0.497 e. The van der Waals surface area contributed by atoms with Crippen molar-refractivity contribution in [1.29, 1.82) is 0 Å². The Morgan fingerprint density at radius 2 is 2.19 bits per heavy atom. The van der Waals surface area contributed by atoms with Crippen molar-refractivity contribution < 1.29 is 13.9 Å². The number of furan rings is 1. The molecule has 1 saturated heterocycles. The molecule has 1 aliphatic rings. The smallest absolute Gasteiger partial charge is 0.323 e. The maximum Gasteiger partial charge on any atom is 0.323 e. The second-order valence-electron chi connectivity index (χ2n) is 4.59. The van der Waals surface area contributed by atoms with Crippen molar-refractivity contribution in [3.05, 3.63) is 48.4 Å². The van der Waals surface area contributed by atoms with E-state index >= 15 is 0 Å². The molecule has 0 spiro atoms. The van der Waals surface area contributed by atoms with Gasteiger partial charge in [0, 0.05) is 18.0 Å². The van der Waals surface area contributed by atoms with Crippen molar-refractivity contribution in [1.82, 2.24) is 4.90 Å². The molecular weight excluding hydrogens is 288 g/mol. The zero-order valence-corrected chi connectivity index (χ0v) is 12.4. The van der Waals surface area contributed by atoms with Crippen LogP contribution < -0.4 is 10.1 Å². The number of hydrogen-bond donors (Lipinski definition) is 1. The van der Waals surface area contributed by atoms with E-state index in [1.807, 2.05) is 36.4 Å². The van der Waals surface area contributed by atoms with E-state index in [-0.39, 0.29) is 11.4 Å². The summed E-state index contributed by atoms with van der Waals surface area (Å²) < 4.78 is 10.5. The highest BCUT2D eigenvalue weighted by molar-refractivity contribution is 7.99. The number of rotatable bonds is 3. The third-order valence-corrected chi connectivity index (χ3v) is 4.50. The molecule has 0 saturated carbocycles. The molecule has 1 aromatic carbocycles. The van der Waals surface area contributed by atoms with Crippen LogP contribution in [0.2, 0.25) is 0 Å². The van der Waals surface area contributed by atoms with Crippen molar-refractivity contribution in [3.63, 3.8) is 0 Å². The first-order valence-electron chi connectivity index (χ1n) is 6.64. The molecule has 110 valence electrons. The van der Waals surface area contributed by atoms with Crippen LogP contribution in [0.25, 0.3) is 0 Å². The second kappa shape index (κ2) is 6.13. The summed E-state index contributed by atoms with van der Waals surface area (Å²) in [5, 5.41) is 2.85. The summed E-state index contributed by atoms with van der Waals surface area (Å²) >= 11 is 1.70. The van der Waals surface area contributed by atoms with Crippen LogP contribution in [0.4, 0.5) is 10.5 Å². The van der Waals surface area contributed by atoms with Gasteiger partial charge in [-0.25, -0.2) is 4.79 Å². The highest BCUT2D eigenvalue weighted by atomic mass is 32.2. The van der Waals surface area contributed by atoms with Gasteiger partial charge < -0.3 is 19.4 Å². The molecule has 1 N–H and O–H groups in total. The van der Waals surface area contributed by atoms with Crippen molar-refractivity contribution in [2.24, 2.45) is 0 Å². The Morgan fingerprint density at radius 3 is 2.86 bits per heavy atom. The van der Waals surface area contributed by atoms with E-state index in [9.17, 15) is 4.79 Å². The van der Waals surface area contributed by atoms with E-state index < -0.39 is 0 Å². The Kier molecular flexibility index (Phi) is 4.06. The number of benzene rings is 1. The Labute approximate surface area is 127 Å². The van der Waals surface area contributed by atoms with Crippen LogP contribution in [-0.2, 0) is 0 Å². The molecule has 1 fully saturated rings. The van der Waals surface area contributed by atoms with E-state index in [0.29, 0.717) is 6.54 Å². The number of anilines is 1. The topological polar surface area (TPSA) is 54.7 Å². The molecule has 21 heavy (non-hydrogen) atoms. The van der Waals surface area contributed by atoms with Crippen molar-refractivity contribution in [2.75, 3.05) is 24.7 Å². The first-order chi connectivity index (χ1) is 10.3. The number of nitrogens with zero attached hydrogens (tertiary/aromatic N) is 1.